The summed E-state index contributed by atoms with van der Waals surface area (Å²) >= 11 is 6.24. The van der Waals surface area contributed by atoms with E-state index < -0.39 is 0 Å². The summed E-state index contributed by atoms with van der Waals surface area (Å²) in [6.45, 7) is 2.34. The SMILES string of the molecule is Cc1onc(-c2ccccc2Cl)c1C(=O)NC[C@@H]1COc2ccccc2O1. The van der Waals surface area contributed by atoms with E-state index in [1.54, 1.807) is 19.1 Å². The zero-order valence-electron chi connectivity index (χ0n) is 14.6. The third-order valence-corrected chi connectivity index (χ3v) is 4.61. The predicted molar refractivity (Wildman–Crippen MR) is 100 cm³/mol. The molecule has 7 heteroatoms. The standard InChI is InChI=1S/C20H17ClN2O4/c1-12-18(19(23-27-12)14-6-2-3-7-15(14)21)20(24)22-10-13-11-25-16-8-4-5-9-17(16)26-13/h2-9,13H,10-11H2,1H3,(H,22,24)/t13-/m1/s1. The van der Waals surface area contributed by atoms with E-state index in [-0.39, 0.29) is 12.0 Å². The van der Waals surface area contributed by atoms with Crippen molar-refractivity contribution in [2.75, 3.05) is 13.2 Å². The molecule has 1 atom stereocenters. The predicted octanol–water partition coefficient (Wildman–Crippen LogP) is 3.87. The second-order valence-electron chi connectivity index (χ2n) is 6.15. The second kappa shape index (κ2) is 7.32. The van der Waals surface area contributed by atoms with Crippen LogP contribution in [0.1, 0.15) is 16.1 Å². The van der Waals surface area contributed by atoms with Gasteiger partial charge < -0.3 is 19.3 Å². The second-order valence-corrected chi connectivity index (χ2v) is 6.56. The van der Waals surface area contributed by atoms with Gasteiger partial charge in [0.05, 0.1) is 11.6 Å². The highest BCUT2D eigenvalue weighted by Gasteiger charge is 2.25. The molecule has 0 saturated carbocycles. The zero-order valence-corrected chi connectivity index (χ0v) is 15.3. The van der Waals surface area contributed by atoms with Gasteiger partial charge in [0.25, 0.3) is 5.91 Å². The summed E-state index contributed by atoms with van der Waals surface area (Å²) in [4.78, 5) is 12.8. The van der Waals surface area contributed by atoms with Crippen LogP contribution in [-0.2, 0) is 0 Å². The van der Waals surface area contributed by atoms with E-state index >= 15 is 0 Å². The van der Waals surface area contributed by atoms with Crippen LogP contribution in [0.15, 0.2) is 53.1 Å². The van der Waals surface area contributed by atoms with E-state index in [0.717, 1.165) is 0 Å². The lowest BCUT2D eigenvalue weighted by Gasteiger charge is -2.26. The monoisotopic (exact) mass is 384 g/mol. The van der Waals surface area contributed by atoms with Crippen molar-refractivity contribution in [3.63, 3.8) is 0 Å². The van der Waals surface area contributed by atoms with Crippen LogP contribution < -0.4 is 14.8 Å². The lowest BCUT2D eigenvalue weighted by molar-refractivity contribution is 0.0788. The van der Waals surface area contributed by atoms with Crippen molar-refractivity contribution in [3.05, 3.63) is 64.9 Å². The molecule has 0 aliphatic carbocycles. The van der Waals surface area contributed by atoms with Gasteiger partial charge in [-0.05, 0) is 25.1 Å². The average Bonchev–Trinajstić information content (AvgIpc) is 3.07. The van der Waals surface area contributed by atoms with Crippen LogP contribution in [0.5, 0.6) is 11.5 Å². The first-order valence-electron chi connectivity index (χ1n) is 8.51. The first-order valence-corrected chi connectivity index (χ1v) is 8.89. The minimum atomic E-state index is -0.300. The number of aromatic nitrogens is 1. The lowest BCUT2D eigenvalue weighted by atomic mass is 10.1. The summed E-state index contributed by atoms with van der Waals surface area (Å²) < 4.78 is 16.8. The van der Waals surface area contributed by atoms with Crippen LogP contribution in [0, 0.1) is 6.92 Å². The van der Waals surface area contributed by atoms with E-state index in [9.17, 15) is 4.79 Å². The molecule has 27 heavy (non-hydrogen) atoms. The molecule has 0 unspecified atom stereocenters. The number of amides is 1. The maximum atomic E-state index is 12.8. The number of para-hydroxylation sites is 2. The van der Waals surface area contributed by atoms with Gasteiger partial charge in [-0.3, -0.25) is 4.79 Å². The topological polar surface area (TPSA) is 73.6 Å². The number of aryl methyl sites for hydroxylation is 1. The fourth-order valence-corrected chi connectivity index (χ4v) is 3.16. The molecule has 0 saturated heterocycles. The molecule has 0 bridgehead atoms. The fraction of sp³-hybridized carbons (Fsp3) is 0.200. The molecular formula is C20H17ClN2O4. The summed E-state index contributed by atoms with van der Waals surface area (Å²) in [5, 5.41) is 7.39. The molecule has 6 nitrogen and oxygen atoms in total. The Labute approximate surface area is 161 Å². The van der Waals surface area contributed by atoms with Crippen LogP contribution in [0.4, 0.5) is 0 Å². The fourth-order valence-electron chi connectivity index (χ4n) is 2.94. The van der Waals surface area contributed by atoms with Gasteiger partial charge in [-0.15, -0.1) is 0 Å². The number of nitrogens with zero attached hydrogens (tertiary/aromatic N) is 1. The number of fused-ring (bicyclic) bond motifs is 1. The Balaban J connectivity index is 1.49. The van der Waals surface area contributed by atoms with Crippen molar-refractivity contribution in [1.82, 2.24) is 10.5 Å². The average molecular weight is 385 g/mol. The van der Waals surface area contributed by atoms with Crippen LogP contribution in [0.2, 0.25) is 5.02 Å². The Morgan fingerprint density at radius 2 is 1.93 bits per heavy atom. The van der Waals surface area contributed by atoms with Crippen LogP contribution in [0.25, 0.3) is 11.3 Å². The smallest absolute Gasteiger partial charge is 0.257 e. The molecule has 0 spiro atoms. The van der Waals surface area contributed by atoms with Crippen LogP contribution >= 0.6 is 11.6 Å². The highest BCUT2D eigenvalue weighted by atomic mass is 35.5. The summed E-state index contributed by atoms with van der Waals surface area (Å²) in [6.07, 6.45) is -0.284. The summed E-state index contributed by atoms with van der Waals surface area (Å²) in [7, 11) is 0. The number of hydrogen-bond acceptors (Lipinski definition) is 5. The molecule has 1 aliphatic rings. The van der Waals surface area contributed by atoms with Gasteiger partial charge in [0, 0.05) is 5.56 Å². The van der Waals surface area contributed by atoms with Crippen LogP contribution in [-0.4, -0.2) is 30.3 Å². The number of carbonyl (C=O) groups excluding carboxylic acids is 1. The molecule has 2 aromatic carbocycles. The largest absolute Gasteiger partial charge is 0.486 e. The minimum Gasteiger partial charge on any atom is -0.486 e. The molecule has 4 rings (SSSR count). The van der Waals surface area contributed by atoms with Crippen LogP contribution in [0.3, 0.4) is 0 Å². The van der Waals surface area contributed by atoms with E-state index in [2.05, 4.69) is 10.5 Å². The summed E-state index contributed by atoms with van der Waals surface area (Å²) in [5.41, 5.74) is 1.43. The maximum Gasteiger partial charge on any atom is 0.257 e. The maximum absolute atomic E-state index is 12.8. The van der Waals surface area contributed by atoms with E-state index in [1.807, 2.05) is 36.4 Å². The third-order valence-electron chi connectivity index (χ3n) is 4.28. The van der Waals surface area contributed by atoms with Crippen molar-refractivity contribution in [2.45, 2.75) is 13.0 Å². The highest BCUT2D eigenvalue weighted by molar-refractivity contribution is 6.33. The van der Waals surface area contributed by atoms with Gasteiger partial charge in [-0.1, -0.05) is 47.1 Å². The Bertz CT molecular complexity index is 986. The van der Waals surface area contributed by atoms with Gasteiger partial charge >= 0.3 is 0 Å². The summed E-state index contributed by atoms with van der Waals surface area (Å²) in [5.74, 6) is 1.50. The van der Waals surface area contributed by atoms with Gasteiger partial charge in [0.2, 0.25) is 0 Å². The quantitative estimate of drug-likeness (QED) is 0.739. The molecular weight excluding hydrogens is 368 g/mol. The summed E-state index contributed by atoms with van der Waals surface area (Å²) in [6, 6.07) is 14.6. The van der Waals surface area contributed by atoms with Crippen molar-refractivity contribution < 1.29 is 18.8 Å². The molecule has 138 valence electrons. The molecule has 3 aromatic rings. The molecule has 1 aromatic heterocycles. The highest BCUT2D eigenvalue weighted by Crippen LogP contribution is 2.32. The normalized spacial score (nSPS) is 15.4. The number of carbonyl (C=O) groups is 1. The molecule has 1 aliphatic heterocycles. The van der Waals surface area contributed by atoms with E-state index in [0.29, 0.717) is 52.3 Å². The van der Waals surface area contributed by atoms with Crippen molar-refractivity contribution in [1.29, 1.82) is 0 Å². The Kier molecular flexibility index (Phi) is 4.73. The number of nitrogens with one attached hydrogen (secondary N) is 1. The van der Waals surface area contributed by atoms with Gasteiger partial charge in [-0.2, -0.15) is 0 Å². The number of hydrogen-bond donors (Lipinski definition) is 1. The van der Waals surface area contributed by atoms with Gasteiger partial charge in [0.1, 0.15) is 29.7 Å². The molecule has 2 heterocycles. The molecule has 0 fully saturated rings. The number of rotatable bonds is 4. The Hall–Kier alpha value is -2.99. The first-order chi connectivity index (χ1) is 13.1. The Morgan fingerprint density at radius 3 is 2.74 bits per heavy atom. The van der Waals surface area contributed by atoms with Crippen molar-refractivity contribution in [3.8, 4) is 22.8 Å². The third kappa shape index (κ3) is 3.48. The molecule has 0 radical (unpaired) electrons. The molecule has 1 N–H and O–H groups in total. The number of halogens is 1. The lowest BCUT2D eigenvalue weighted by Crippen LogP contribution is -2.40. The first kappa shape index (κ1) is 17.4. The van der Waals surface area contributed by atoms with Gasteiger partial charge in [-0.25, -0.2) is 0 Å². The Morgan fingerprint density at radius 1 is 1.19 bits per heavy atom. The number of ether oxygens (including phenoxy) is 2. The van der Waals surface area contributed by atoms with E-state index in [4.69, 9.17) is 25.6 Å². The van der Waals surface area contributed by atoms with Crippen molar-refractivity contribution in [2.24, 2.45) is 0 Å². The van der Waals surface area contributed by atoms with E-state index in [1.165, 1.54) is 0 Å². The zero-order chi connectivity index (χ0) is 18.8. The van der Waals surface area contributed by atoms with Crippen molar-refractivity contribution >= 4 is 17.5 Å². The van der Waals surface area contributed by atoms with Gasteiger partial charge in [0.15, 0.2) is 11.5 Å². The minimum absolute atomic E-state index is 0.284. The number of benzene rings is 2. The molecule has 1 amide bonds.